The Morgan fingerprint density at radius 3 is 2.68 bits per heavy atom. The van der Waals surface area contributed by atoms with E-state index >= 15 is 0 Å². The van der Waals surface area contributed by atoms with Crippen LogP contribution >= 0.6 is 11.8 Å². The van der Waals surface area contributed by atoms with Crippen molar-refractivity contribution >= 4 is 35.0 Å². The maximum Gasteiger partial charge on any atom is 0.269 e. The van der Waals surface area contributed by atoms with E-state index in [4.69, 9.17) is 0 Å². The average Bonchev–Trinajstić information content (AvgIpc) is 3.44. The van der Waals surface area contributed by atoms with Crippen LogP contribution in [0.25, 0.3) is 0 Å². The average molecular weight is 481 g/mol. The van der Waals surface area contributed by atoms with Gasteiger partial charge in [0.25, 0.3) is 11.6 Å². The molecule has 1 atom stereocenters. The zero-order chi connectivity index (χ0) is 24.2. The fourth-order valence-corrected chi connectivity index (χ4v) is 4.68. The van der Waals surface area contributed by atoms with Crippen LogP contribution in [0.1, 0.15) is 40.6 Å². The number of thioether (sulfide) groups is 1. The minimum atomic E-state index is -0.493. The Kier molecular flexibility index (Phi) is 6.92. The number of hydrogen-bond acceptors (Lipinski definition) is 7. The molecule has 11 heteroatoms. The summed E-state index contributed by atoms with van der Waals surface area (Å²) in [7, 11) is 1.83. The standard InChI is InChI=1S/C23H24N6O4S/c1-15-5-3-6-16(13-15)22(31)28-12-4-7-19(28)21-25-26-23(27(21)2)34-14-20(30)24-17-8-10-18(11-9-17)29(32)33/h3,5-6,8-11,13,19H,4,7,12,14H2,1-2H3,(H,24,30). The Hall–Kier alpha value is -3.73. The molecular formula is C23H24N6O4S. The first kappa shape index (κ1) is 23.4. The molecule has 10 nitrogen and oxygen atoms in total. The summed E-state index contributed by atoms with van der Waals surface area (Å²) >= 11 is 1.24. The van der Waals surface area contributed by atoms with E-state index in [9.17, 15) is 19.7 Å². The Balaban J connectivity index is 1.39. The predicted molar refractivity (Wildman–Crippen MR) is 128 cm³/mol. The number of aryl methyl sites for hydroxylation is 1. The highest BCUT2D eigenvalue weighted by Gasteiger charge is 2.34. The normalized spacial score (nSPS) is 15.4. The van der Waals surface area contributed by atoms with Crippen molar-refractivity contribution in [2.45, 2.75) is 31.0 Å². The quantitative estimate of drug-likeness (QED) is 0.310. The highest BCUT2D eigenvalue weighted by Crippen LogP contribution is 2.33. The molecule has 4 rings (SSSR count). The lowest BCUT2D eigenvalue weighted by atomic mass is 10.1. The van der Waals surface area contributed by atoms with Gasteiger partial charge in [-0.1, -0.05) is 29.5 Å². The van der Waals surface area contributed by atoms with E-state index in [1.807, 2.05) is 47.7 Å². The number of nitrogens with one attached hydrogen (secondary N) is 1. The summed E-state index contributed by atoms with van der Waals surface area (Å²) in [4.78, 5) is 37.5. The van der Waals surface area contributed by atoms with Gasteiger partial charge < -0.3 is 14.8 Å². The van der Waals surface area contributed by atoms with Crippen LogP contribution in [0.4, 0.5) is 11.4 Å². The third-order valence-corrected chi connectivity index (χ3v) is 6.66. The molecule has 2 heterocycles. The van der Waals surface area contributed by atoms with Crippen LogP contribution < -0.4 is 5.32 Å². The molecule has 3 aromatic rings. The number of likely N-dealkylation sites (tertiary alicyclic amines) is 1. The summed E-state index contributed by atoms with van der Waals surface area (Å²) in [5.74, 6) is 0.503. The van der Waals surface area contributed by atoms with Gasteiger partial charge in [-0.25, -0.2) is 0 Å². The molecule has 1 aliphatic rings. The van der Waals surface area contributed by atoms with Gasteiger partial charge >= 0.3 is 0 Å². The summed E-state index contributed by atoms with van der Waals surface area (Å²) in [6, 6.07) is 13.0. The van der Waals surface area contributed by atoms with Gasteiger partial charge in [0.15, 0.2) is 11.0 Å². The van der Waals surface area contributed by atoms with Gasteiger partial charge in [0, 0.05) is 37.0 Å². The van der Waals surface area contributed by atoms with Crippen molar-refractivity contribution in [2.24, 2.45) is 7.05 Å². The van der Waals surface area contributed by atoms with Gasteiger partial charge in [0.2, 0.25) is 5.91 Å². The summed E-state index contributed by atoms with van der Waals surface area (Å²) in [6.07, 6.45) is 1.68. The first-order valence-corrected chi connectivity index (χ1v) is 11.8. The second-order valence-electron chi connectivity index (χ2n) is 8.07. The molecule has 0 spiro atoms. The summed E-state index contributed by atoms with van der Waals surface area (Å²) in [6.45, 7) is 2.62. The van der Waals surface area contributed by atoms with Crippen LogP contribution in [0, 0.1) is 17.0 Å². The maximum absolute atomic E-state index is 13.1. The van der Waals surface area contributed by atoms with E-state index in [0.717, 1.165) is 18.4 Å². The second-order valence-corrected chi connectivity index (χ2v) is 9.01. The van der Waals surface area contributed by atoms with Crippen molar-refractivity contribution in [3.63, 3.8) is 0 Å². The van der Waals surface area contributed by atoms with Gasteiger partial charge in [0.05, 0.1) is 16.7 Å². The van der Waals surface area contributed by atoms with Gasteiger partial charge in [0.1, 0.15) is 0 Å². The number of aromatic nitrogens is 3. The number of benzene rings is 2. The van der Waals surface area contributed by atoms with Crippen molar-refractivity contribution in [3.05, 3.63) is 75.6 Å². The van der Waals surface area contributed by atoms with Crippen molar-refractivity contribution in [3.8, 4) is 0 Å². The van der Waals surface area contributed by atoms with Crippen LogP contribution in [0.5, 0.6) is 0 Å². The molecule has 2 amide bonds. The van der Waals surface area contributed by atoms with Crippen molar-refractivity contribution in [1.29, 1.82) is 0 Å². The SMILES string of the molecule is Cc1cccc(C(=O)N2CCCC2c2nnc(SCC(=O)Nc3ccc([N+](=O)[O-])cc3)n2C)c1. The number of rotatable bonds is 7. The number of nitrogens with zero attached hydrogens (tertiary/aromatic N) is 5. The van der Waals surface area contributed by atoms with E-state index in [1.165, 1.54) is 36.0 Å². The fraction of sp³-hybridized carbons (Fsp3) is 0.304. The lowest BCUT2D eigenvalue weighted by Crippen LogP contribution is -2.32. The number of hydrogen-bond donors (Lipinski definition) is 1. The molecule has 176 valence electrons. The minimum Gasteiger partial charge on any atom is -0.328 e. The maximum atomic E-state index is 13.1. The Bertz CT molecular complexity index is 1230. The van der Waals surface area contributed by atoms with Gasteiger partial charge in [-0.2, -0.15) is 0 Å². The lowest BCUT2D eigenvalue weighted by molar-refractivity contribution is -0.384. The Morgan fingerprint density at radius 2 is 1.97 bits per heavy atom. The first-order valence-electron chi connectivity index (χ1n) is 10.8. The van der Waals surface area contributed by atoms with Crippen LogP contribution in [0.15, 0.2) is 53.7 Å². The summed E-state index contributed by atoms with van der Waals surface area (Å²) in [5, 5.41) is 22.6. The molecule has 1 unspecified atom stereocenters. The third-order valence-electron chi connectivity index (χ3n) is 5.64. The molecule has 0 saturated carbocycles. The van der Waals surface area contributed by atoms with Crippen LogP contribution in [0.2, 0.25) is 0 Å². The molecular weight excluding hydrogens is 456 g/mol. The van der Waals surface area contributed by atoms with E-state index in [0.29, 0.717) is 28.8 Å². The number of nitro benzene ring substituents is 1. The summed E-state index contributed by atoms with van der Waals surface area (Å²) < 4.78 is 1.83. The number of nitro groups is 1. The molecule has 1 aromatic heterocycles. The largest absolute Gasteiger partial charge is 0.328 e. The van der Waals surface area contributed by atoms with E-state index in [-0.39, 0.29) is 29.3 Å². The smallest absolute Gasteiger partial charge is 0.269 e. The third kappa shape index (κ3) is 5.09. The van der Waals surface area contributed by atoms with Crippen molar-refractivity contribution < 1.29 is 14.5 Å². The molecule has 1 aliphatic heterocycles. The zero-order valence-corrected chi connectivity index (χ0v) is 19.6. The molecule has 34 heavy (non-hydrogen) atoms. The van der Waals surface area contributed by atoms with Crippen LogP contribution in [0.3, 0.4) is 0 Å². The molecule has 2 aromatic carbocycles. The highest BCUT2D eigenvalue weighted by atomic mass is 32.2. The molecule has 0 bridgehead atoms. The summed E-state index contributed by atoms with van der Waals surface area (Å²) in [5.41, 5.74) is 2.13. The second kappa shape index (κ2) is 10.0. The van der Waals surface area contributed by atoms with Crippen LogP contribution in [-0.4, -0.2) is 48.7 Å². The molecule has 1 fully saturated rings. The fourth-order valence-electron chi connectivity index (χ4n) is 3.96. The number of carbonyl (C=O) groups excluding carboxylic acids is 2. The monoisotopic (exact) mass is 480 g/mol. The van der Waals surface area contributed by atoms with Gasteiger partial charge in [-0.3, -0.25) is 19.7 Å². The Morgan fingerprint density at radius 1 is 1.21 bits per heavy atom. The van der Waals surface area contributed by atoms with Gasteiger partial charge in [-0.05, 0) is 44.0 Å². The zero-order valence-electron chi connectivity index (χ0n) is 18.8. The molecule has 1 saturated heterocycles. The molecule has 1 N–H and O–H groups in total. The lowest BCUT2D eigenvalue weighted by Gasteiger charge is -2.24. The van der Waals surface area contributed by atoms with Crippen molar-refractivity contribution in [2.75, 3.05) is 17.6 Å². The van der Waals surface area contributed by atoms with Gasteiger partial charge in [-0.15, -0.1) is 10.2 Å². The highest BCUT2D eigenvalue weighted by molar-refractivity contribution is 7.99. The predicted octanol–water partition coefficient (Wildman–Crippen LogP) is 3.74. The van der Waals surface area contributed by atoms with E-state index in [1.54, 1.807) is 0 Å². The molecule has 0 aliphatic carbocycles. The number of non-ortho nitro benzene ring substituents is 1. The number of carbonyl (C=O) groups is 2. The molecule has 0 radical (unpaired) electrons. The number of amides is 2. The Labute approximate surface area is 200 Å². The van der Waals surface area contributed by atoms with E-state index < -0.39 is 4.92 Å². The number of anilines is 1. The topological polar surface area (TPSA) is 123 Å². The van der Waals surface area contributed by atoms with Crippen molar-refractivity contribution in [1.82, 2.24) is 19.7 Å². The minimum absolute atomic E-state index is 0.0223. The first-order chi connectivity index (χ1) is 16.3. The van der Waals surface area contributed by atoms with E-state index in [2.05, 4.69) is 15.5 Å². The van der Waals surface area contributed by atoms with Crippen LogP contribution in [-0.2, 0) is 11.8 Å².